The molecule has 1 fully saturated rings. The van der Waals surface area contributed by atoms with Crippen molar-refractivity contribution < 1.29 is 4.74 Å². The summed E-state index contributed by atoms with van der Waals surface area (Å²) in [5.41, 5.74) is 1.25. The largest absolute Gasteiger partial charge is 0.490 e. The quantitative estimate of drug-likeness (QED) is 0.271. The molecule has 0 aliphatic carbocycles. The van der Waals surface area contributed by atoms with Crippen LogP contribution >= 0.6 is 24.0 Å². The van der Waals surface area contributed by atoms with Crippen molar-refractivity contribution >= 4 is 36.0 Å². The fourth-order valence-corrected chi connectivity index (χ4v) is 3.14. The van der Waals surface area contributed by atoms with Gasteiger partial charge in [0.1, 0.15) is 12.4 Å². The second kappa shape index (κ2) is 13.2. The molecule has 2 heterocycles. The maximum absolute atomic E-state index is 5.67. The van der Waals surface area contributed by atoms with E-state index in [0.717, 1.165) is 44.4 Å². The molecule has 1 N–H and O–H groups in total. The number of aliphatic imine (C=N–C) groups is 1. The topological polar surface area (TPSA) is 53.0 Å². The third-order valence-electron chi connectivity index (χ3n) is 4.65. The monoisotopic (exact) mass is 507 g/mol. The Labute approximate surface area is 190 Å². The van der Waals surface area contributed by atoms with E-state index in [4.69, 9.17) is 4.74 Å². The molecule has 0 saturated carbocycles. The molecule has 1 aromatic carbocycles. The van der Waals surface area contributed by atoms with Crippen LogP contribution in [0, 0.1) is 0 Å². The highest BCUT2D eigenvalue weighted by molar-refractivity contribution is 14.0. The summed E-state index contributed by atoms with van der Waals surface area (Å²) in [6, 6.07) is 14.2. The van der Waals surface area contributed by atoms with Gasteiger partial charge in [0.25, 0.3) is 0 Å². The smallest absolute Gasteiger partial charge is 0.193 e. The van der Waals surface area contributed by atoms with Crippen LogP contribution in [0.5, 0.6) is 5.75 Å². The lowest BCUT2D eigenvalue weighted by Crippen LogP contribution is -2.52. The molecule has 7 heteroatoms. The van der Waals surface area contributed by atoms with Crippen molar-refractivity contribution in [3.8, 4) is 5.75 Å². The summed E-state index contributed by atoms with van der Waals surface area (Å²) in [5, 5.41) is 3.39. The Balaban J connectivity index is 0.00000300. The second-order valence-electron chi connectivity index (χ2n) is 6.61. The molecule has 0 bridgehead atoms. The minimum atomic E-state index is 0. The van der Waals surface area contributed by atoms with Gasteiger partial charge in [-0.1, -0.05) is 42.5 Å². The highest BCUT2D eigenvalue weighted by Gasteiger charge is 2.18. The van der Waals surface area contributed by atoms with Crippen molar-refractivity contribution in [2.24, 2.45) is 4.99 Å². The first kappa shape index (κ1) is 23.2. The normalized spacial score (nSPS) is 15.2. The van der Waals surface area contributed by atoms with E-state index in [1.54, 1.807) is 12.4 Å². The molecule has 2 aromatic rings. The average molecular weight is 507 g/mol. The van der Waals surface area contributed by atoms with Crippen molar-refractivity contribution in [1.29, 1.82) is 0 Å². The maximum atomic E-state index is 5.67. The van der Waals surface area contributed by atoms with Crippen LogP contribution < -0.4 is 10.1 Å². The van der Waals surface area contributed by atoms with Gasteiger partial charge in [-0.3, -0.25) is 14.9 Å². The molecular formula is C22H30IN5O. The van der Waals surface area contributed by atoms with Crippen LogP contribution in [-0.2, 0) is 0 Å². The lowest BCUT2D eigenvalue weighted by molar-refractivity contribution is 0.194. The maximum Gasteiger partial charge on any atom is 0.193 e. The van der Waals surface area contributed by atoms with Gasteiger partial charge in [0.2, 0.25) is 0 Å². The first-order valence-electron chi connectivity index (χ1n) is 9.77. The standard InChI is InChI=1S/C22H29N5O.HI/c1-23-22(25-12-18-28-21-10-5-11-24-19-21)27-16-14-26(15-17-27)13-6-9-20-7-3-2-4-8-20;/h2-11,19H,12-18H2,1H3,(H,23,25);1H/b9-6+;. The molecule has 3 rings (SSSR count). The zero-order chi connectivity index (χ0) is 19.4. The van der Waals surface area contributed by atoms with Crippen LogP contribution in [0.2, 0.25) is 0 Å². The highest BCUT2D eigenvalue weighted by atomic mass is 127. The number of nitrogens with zero attached hydrogens (tertiary/aromatic N) is 4. The van der Waals surface area contributed by atoms with Crippen LogP contribution in [-0.4, -0.2) is 73.7 Å². The fourth-order valence-electron chi connectivity index (χ4n) is 3.14. The van der Waals surface area contributed by atoms with Gasteiger partial charge in [-0.2, -0.15) is 0 Å². The lowest BCUT2D eigenvalue weighted by atomic mass is 10.2. The third kappa shape index (κ3) is 8.02. The summed E-state index contributed by atoms with van der Waals surface area (Å²) in [7, 11) is 1.83. The number of guanidine groups is 1. The van der Waals surface area contributed by atoms with Crippen molar-refractivity contribution in [2.75, 3.05) is 52.9 Å². The Morgan fingerprint density at radius 3 is 2.62 bits per heavy atom. The first-order valence-corrected chi connectivity index (χ1v) is 9.77. The Kier molecular flexibility index (Phi) is 10.5. The van der Waals surface area contributed by atoms with Crippen LogP contribution in [0.1, 0.15) is 5.56 Å². The van der Waals surface area contributed by atoms with E-state index in [9.17, 15) is 0 Å². The number of pyridine rings is 1. The predicted octanol–water partition coefficient (Wildman–Crippen LogP) is 2.98. The summed E-state index contributed by atoms with van der Waals surface area (Å²) in [6.45, 7) is 6.28. The van der Waals surface area contributed by atoms with E-state index in [-0.39, 0.29) is 24.0 Å². The van der Waals surface area contributed by atoms with E-state index in [2.05, 4.69) is 61.5 Å². The molecule has 0 radical (unpaired) electrons. The van der Waals surface area contributed by atoms with E-state index in [1.165, 1.54) is 5.56 Å². The zero-order valence-electron chi connectivity index (χ0n) is 16.9. The summed E-state index contributed by atoms with van der Waals surface area (Å²) in [5.74, 6) is 1.73. The number of rotatable bonds is 7. The summed E-state index contributed by atoms with van der Waals surface area (Å²) in [6.07, 6.45) is 7.90. The van der Waals surface area contributed by atoms with Gasteiger partial charge in [0, 0.05) is 46.0 Å². The van der Waals surface area contributed by atoms with Crippen LogP contribution in [0.25, 0.3) is 6.08 Å². The summed E-state index contributed by atoms with van der Waals surface area (Å²) < 4.78 is 5.67. The van der Waals surface area contributed by atoms with Crippen LogP contribution in [0.3, 0.4) is 0 Å². The number of nitrogens with one attached hydrogen (secondary N) is 1. The molecule has 0 atom stereocenters. The summed E-state index contributed by atoms with van der Waals surface area (Å²) >= 11 is 0. The second-order valence-corrected chi connectivity index (χ2v) is 6.61. The van der Waals surface area contributed by atoms with E-state index in [1.807, 2.05) is 25.2 Å². The fraction of sp³-hybridized carbons (Fsp3) is 0.364. The molecule has 29 heavy (non-hydrogen) atoms. The van der Waals surface area contributed by atoms with Crippen LogP contribution in [0.15, 0.2) is 65.9 Å². The minimum absolute atomic E-state index is 0. The molecule has 1 saturated heterocycles. The third-order valence-corrected chi connectivity index (χ3v) is 4.65. The van der Waals surface area contributed by atoms with E-state index < -0.39 is 0 Å². The SMILES string of the molecule is CN=C(NCCOc1cccnc1)N1CCN(C/C=C/c2ccccc2)CC1.I. The number of halogens is 1. The Bertz CT molecular complexity index is 746. The molecule has 156 valence electrons. The van der Waals surface area contributed by atoms with Crippen molar-refractivity contribution in [2.45, 2.75) is 0 Å². The zero-order valence-corrected chi connectivity index (χ0v) is 19.2. The lowest BCUT2D eigenvalue weighted by Gasteiger charge is -2.36. The molecule has 0 spiro atoms. The molecule has 0 unspecified atom stereocenters. The highest BCUT2D eigenvalue weighted by Crippen LogP contribution is 2.06. The molecule has 1 aromatic heterocycles. The van der Waals surface area contributed by atoms with Gasteiger partial charge in [-0.15, -0.1) is 24.0 Å². The van der Waals surface area contributed by atoms with Gasteiger partial charge in [-0.05, 0) is 17.7 Å². The predicted molar refractivity (Wildman–Crippen MR) is 130 cm³/mol. The Hall–Kier alpha value is -2.13. The Morgan fingerprint density at radius 1 is 1.14 bits per heavy atom. The molecule has 1 aliphatic heterocycles. The number of hydrogen-bond donors (Lipinski definition) is 1. The van der Waals surface area contributed by atoms with Gasteiger partial charge < -0.3 is 15.0 Å². The van der Waals surface area contributed by atoms with Crippen LogP contribution in [0.4, 0.5) is 0 Å². The van der Waals surface area contributed by atoms with Crippen molar-refractivity contribution in [3.63, 3.8) is 0 Å². The summed E-state index contributed by atoms with van der Waals surface area (Å²) in [4.78, 5) is 13.2. The van der Waals surface area contributed by atoms with Gasteiger partial charge in [0.15, 0.2) is 5.96 Å². The minimum Gasteiger partial charge on any atom is -0.490 e. The molecule has 0 amide bonds. The first-order chi connectivity index (χ1) is 13.8. The molecule has 1 aliphatic rings. The van der Waals surface area contributed by atoms with Crippen molar-refractivity contribution in [1.82, 2.24) is 20.1 Å². The van der Waals surface area contributed by atoms with Gasteiger partial charge in [0.05, 0.1) is 12.7 Å². The van der Waals surface area contributed by atoms with Crippen molar-refractivity contribution in [3.05, 3.63) is 66.5 Å². The average Bonchev–Trinajstić information content (AvgIpc) is 2.76. The van der Waals surface area contributed by atoms with E-state index in [0.29, 0.717) is 13.2 Å². The number of hydrogen-bond acceptors (Lipinski definition) is 4. The van der Waals surface area contributed by atoms with Gasteiger partial charge in [-0.25, -0.2) is 0 Å². The number of benzene rings is 1. The Morgan fingerprint density at radius 2 is 1.93 bits per heavy atom. The molecule has 6 nitrogen and oxygen atoms in total. The van der Waals surface area contributed by atoms with E-state index >= 15 is 0 Å². The number of ether oxygens (including phenoxy) is 1. The number of piperazine rings is 1. The molecular weight excluding hydrogens is 477 g/mol. The number of aromatic nitrogens is 1. The van der Waals surface area contributed by atoms with Gasteiger partial charge >= 0.3 is 0 Å².